The first kappa shape index (κ1) is 12.7. The number of hydrogen-bond acceptors (Lipinski definition) is 3. The van der Waals surface area contributed by atoms with Crippen LogP contribution in [-0.2, 0) is 9.53 Å². The lowest BCUT2D eigenvalue weighted by molar-refractivity contribution is -0.142. The summed E-state index contributed by atoms with van der Waals surface area (Å²) >= 11 is 0. The molecule has 13 heavy (non-hydrogen) atoms. The molecule has 1 rings (SSSR count). The van der Waals surface area contributed by atoms with E-state index in [0.717, 1.165) is 12.8 Å². The zero-order chi connectivity index (χ0) is 8.97. The van der Waals surface area contributed by atoms with Crippen molar-refractivity contribution in [1.29, 1.82) is 0 Å². The second kappa shape index (κ2) is 6.22. The fourth-order valence-corrected chi connectivity index (χ4v) is 1.79. The van der Waals surface area contributed by atoms with Crippen molar-refractivity contribution in [3.63, 3.8) is 0 Å². The summed E-state index contributed by atoms with van der Waals surface area (Å²) < 4.78 is 4.61. The maximum Gasteiger partial charge on any atom is 0.305 e. The molecule has 0 radical (unpaired) electrons. The molecule has 0 aromatic heterocycles. The zero-order valence-corrected chi connectivity index (χ0v) is 8.81. The minimum absolute atomic E-state index is 0. The SMILES string of the molecule is COC(=O)C[C@@H]1CCCC[C@H]1N.Cl. The van der Waals surface area contributed by atoms with Crippen LogP contribution in [0.5, 0.6) is 0 Å². The number of nitrogens with two attached hydrogens (primary N) is 1. The Morgan fingerprint density at radius 2 is 2.08 bits per heavy atom. The Morgan fingerprint density at radius 1 is 1.46 bits per heavy atom. The highest BCUT2D eigenvalue weighted by Crippen LogP contribution is 2.25. The van der Waals surface area contributed by atoms with E-state index in [1.807, 2.05) is 0 Å². The topological polar surface area (TPSA) is 52.3 Å². The highest BCUT2D eigenvalue weighted by atomic mass is 35.5. The fraction of sp³-hybridized carbons (Fsp3) is 0.889. The van der Waals surface area contributed by atoms with Crippen molar-refractivity contribution >= 4 is 18.4 Å². The van der Waals surface area contributed by atoms with E-state index in [1.165, 1.54) is 20.0 Å². The first-order chi connectivity index (χ1) is 5.74. The van der Waals surface area contributed by atoms with Gasteiger partial charge in [0.2, 0.25) is 0 Å². The predicted molar refractivity (Wildman–Crippen MR) is 53.8 cm³/mol. The van der Waals surface area contributed by atoms with Gasteiger partial charge in [-0.15, -0.1) is 12.4 Å². The number of methoxy groups -OCH3 is 1. The molecule has 78 valence electrons. The van der Waals surface area contributed by atoms with Crippen LogP contribution in [0.25, 0.3) is 0 Å². The van der Waals surface area contributed by atoms with Crippen LogP contribution in [0.4, 0.5) is 0 Å². The Balaban J connectivity index is 0.00000144. The number of ether oxygens (including phenoxy) is 1. The van der Waals surface area contributed by atoms with Crippen molar-refractivity contribution in [3.8, 4) is 0 Å². The summed E-state index contributed by atoms with van der Waals surface area (Å²) in [6.07, 6.45) is 5.05. The molecule has 0 aromatic carbocycles. The van der Waals surface area contributed by atoms with Crippen LogP contribution < -0.4 is 5.73 Å². The number of halogens is 1. The van der Waals surface area contributed by atoms with E-state index in [1.54, 1.807) is 0 Å². The lowest BCUT2D eigenvalue weighted by Crippen LogP contribution is -2.34. The average Bonchev–Trinajstić information content (AvgIpc) is 2.09. The number of esters is 1. The molecule has 0 amide bonds. The van der Waals surface area contributed by atoms with Gasteiger partial charge in [-0.05, 0) is 18.8 Å². The van der Waals surface area contributed by atoms with Crippen molar-refractivity contribution in [1.82, 2.24) is 0 Å². The summed E-state index contributed by atoms with van der Waals surface area (Å²) in [5.74, 6) is 0.226. The Morgan fingerprint density at radius 3 is 2.62 bits per heavy atom. The standard InChI is InChI=1S/C9H17NO2.ClH/c1-12-9(11)6-7-4-2-3-5-8(7)10;/h7-8H,2-6,10H2,1H3;1H/t7-,8+;/m0./s1. The molecule has 2 atom stereocenters. The van der Waals surface area contributed by atoms with Crippen LogP contribution in [0.2, 0.25) is 0 Å². The minimum atomic E-state index is -0.127. The largest absolute Gasteiger partial charge is 0.469 e. The molecule has 1 aliphatic carbocycles. The number of carbonyl (C=O) groups excluding carboxylic acids is 1. The van der Waals surface area contributed by atoms with Crippen molar-refractivity contribution in [2.45, 2.75) is 38.1 Å². The zero-order valence-electron chi connectivity index (χ0n) is 7.99. The van der Waals surface area contributed by atoms with Gasteiger partial charge >= 0.3 is 5.97 Å². The molecule has 0 spiro atoms. The molecule has 2 N–H and O–H groups in total. The maximum atomic E-state index is 10.9. The molecule has 0 bridgehead atoms. The predicted octanol–water partition coefficient (Wildman–Crippen LogP) is 1.49. The van der Waals surface area contributed by atoms with E-state index < -0.39 is 0 Å². The van der Waals surface area contributed by atoms with Crippen molar-refractivity contribution in [3.05, 3.63) is 0 Å². The lowest BCUT2D eigenvalue weighted by Gasteiger charge is -2.27. The highest BCUT2D eigenvalue weighted by Gasteiger charge is 2.24. The number of hydrogen-bond donors (Lipinski definition) is 1. The van der Waals surface area contributed by atoms with Crippen molar-refractivity contribution in [2.75, 3.05) is 7.11 Å². The average molecular weight is 208 g/mol. The van der Waals surface area contributed by atoms with Crippen LogP contribution in [0.15, 0.2) is 0 Å². The van der Waals surface area contributed by atoms with Gasteiger partial charge in [0.1, 0.15) is 0 Å². The summed E-state index contributed by atoms with van der Waals surface area (Å²) in [4.78, 5) is 10.9. The molecular formula is C9H18ClNO2. The first-order valence-electron chi connectivity index (χ1n) is 4.56. The summed E-state index contributed by atoms with van der Waals surface area (Å²) in [5.41, 5.74) is 5.87. The van der Waals surface area contributed by atoms with Gasteiger partial charge < -0.3 is 10.5 Å². The summed E-state index contributed by atoms with van der Waals surface area (Å²) in [7, 11) is 1.43. The molecule has 4 heteroatoms. The molecular weight excluding hydrogens is 190 g/mol. The lowest BCUT2D eigenvalue weighted by atomic mass is 9.83. The van der Waals surface area contributed by atoms with Gasteiger partial charge in [-0.25, -0.2) is 0 Å². The van der Waals surface area contributed by atoms with Crippen LogP contribution in [0.1, 0.15) is 32.1 Å². The number of carbonyl (C=O) groups is 1. The van der Waals surface area contributed by atoms with Gasteiger partial charge in [-0.2, -0.15) is 0 Å². The second-order valence-corrected chi connectivity index (χ2v) is 3.49. The van der Waals surface area contributed by atoms with Gasteiger partial charge in [0.05, 0.1) is 7.11 Å². The van der Waals surface area contributed by atoms with E-state index in [9.17, 15) is 4.79 Å². The highest BCUT2D eigenvalue weighted by molar-refractivity contribution is 5.85. The molecule has 3 nitrogen and oxygen atoms in total. The van der Waals surface area contributed by atoms with Gasteiger partial charge in [0.25, 0.3) is 0 Å². The van der Waals surface area contributed by atoms with Gasteiger partial charge in [-0.1, -0.05) is 12.8 Å². The van der Waals surface area contributed by atoms with E-state index in [0.29, 0.717) is 12.3 Å². The van der Waals surface area contributed by atoms with Crippen molar-refractivity contribution in [2.24, 2.45) is 11.7 Å². The smallest absolute Gasteiger partial charge is 0.305 e. The minimum Gasteiger partial charge on any atom is -0.469 e. The molecule has 0 unspecified atom stereocenters. The molecule has 0 aliphatic heterocycles. The molecule has 0 aromatic rings. The Hall–Kier alpha value is -0.280. The van der Waals surface area contributed by atoms with E-state index in [4.69, 9.17) is 5.73 Å². The summed E-state index contributed by atoms with van der Waals surface area (Å²) in [6, 6.07) is 0.206. The molecule has 1 aliphatic rings. The Kier molecular flexibility index (Phi) is 6.08. The third-order valence-corrected chi connectivity index (χ3v) is 2.62. The quantitative estimate of drug-likeness (QED) is 0.699. The Bertz CT molecular complexity index is 164. The number of rotatable bonds is 2. The van der Waals surface area contributed by atoms with Crippen LogP contribution in [-0.4, -0.2) is 19.1 Å². The molecule has 1 fully saturated rings. The first-order valence-corrected chi connectivity index (χ1v) is 4.56. The van der Waals surface area contributed by atoms with E-state index in [2.05, 4.69) is 4.74 Å². The van der Waals surface area contributed by atoms with E-state index >= 15 is 0 Å². The normalized spacial score (nSPS) is 27.5. The van der Waals surface area contributed by atoms with Gasteiger partial charge in [-0.3, -0.25) is 4.79 Å². The Labute approximate surface area is 85.4 Å². The third kappa shape index (κ3) is 3.96. The van der Waals surface area contributed by atoms with Crippen LogP contribution >= 0.6 is 12.4 Å². The molecule has 0 saturated heterocycles. The third-order valence-electron chi connectivity index (χ3n) is 2.62. The van der Waals surface area contributed by atoms with E-state index in [-0.39, 0.29) is 24.4 Å². The van der Waals surface area contributed by atoms with Crippen molar-refractivity contribution < 1.29 is 9.53 Å². The summed E-state index contributed by atoms with van der Waals surface area (Å²) in [5, 5.41) is 0. The van der Waals surface area contributed by atoms with Crippen LogP contribution in [0, 0.1) is 5.92 Å². The maximum absolute atomic E-state index is 10.9. The fourth-order valence-electron chi connectivity index (χ4n) is 1.79. The molecule has 0 heterocycles. The monoisotopic (exact) mass is 207 g/mol. The second-order valence-electron chi connectivity index (χ2n) is 3.49. The van der Waals surface area contributed by atoms with Crippen LogP contribution in [0.3, 0.4) is 0 Å². The van der Waals surface area contributed by atoms with Gasteiger partial charge in [0, 0.05) is 12.5 Å². The van der Waals surface area contributed by atoms with Gasteiger partial charge in [0.15, 0.2) is 0 Å². The summed E-state index contributed by atoms with van der Waals surface area (Å²) in [6.45, 7) is 0. The molecule has 1 saturated carbocycles.